The number of nitrogens with one attached hydrogen (secondary N) is 2. The largest absolute Gasteiger partial charge is 0.488 e. The van der Waals surface area contributed by atoms with Gasteiger partial charge in [0, 0.05) is 26.2 Å². The zero-order chi connectivity index (χ0) is 14.9. The molecule has 1 aliphatic heterocycles. The van der Waals surface area contributed by atoms with Gasteiger partial charge in [-0.2, -0.15) is 0 Å². The van der Waals surface area contributed by atoms with Gasteiger partial charge in [0.1, 0.15) is 11.9 Å². The SMILES string of the molecule is CCOCCCNC(=NCC1Cc2ccccc2O1)NN. The average Bonchev–Trinajstić information content (AvgIpc) is 2.93. The van der Waals surface area contributed by atoms with E-state index in [1.807, 2.05) is 25.1 Å². The highest BCUT2D eigenvalue weighted by molar-refractivity contribution is 5.79. The van der Waals surface area contributed by atoms with Crippen molar-refractivity contribution in [3.05, 3.63) is 29.8 Å². The van der Waals surface area contributed by atoms with Gasteiger partial charge in [0.2, 0.25) is 5.96 Å². The maximum absolute atomic E-state index is 5.84. The summed E-state index contributed by atoms with van der Waals surface area (Å²) in [4.78, 5) is 4.43. The number of para-hydroxylation sites is 1. The zero-order valence-corrected chi connectivity index (χ0v) is 12.5. The van der Waals surface area contributed by atoms with Gasteiger partial charge in [-0.05, 0) is 25.0 Å². The summed E-state index contributed by atoms with van der Waals surface area (Å²) in [6.45, 7) is 4.82. The first-order chi connectivity index (χ1) is 10.3. The van der Waals surface area contributed by atoms with E-state index in [9.17, 15) is 0 Å². The highest BCUT2D eigenvalue weighted by atomic mass is 16.5. The Morgan fingerprint density at radius 1 is 1.48 bits per heavy atom. The Kier molecular flexibility index (Phi) is 6.30. The van der Waals surface area contributed by atoms with Crippen molar-refractivity contribution < 1.29 is 9.47 Å². The molecule has 1 atom stereocenters. The van der Waals surface area contributed by atoms with Crippen LogP contribution in [0.1, 0.15) is 18.9 Å². The van der Waals surface area contributed by atoms with Crippen molar-refractivity contribution in [1.82, 2.24) is 10.7 Å². The Morgan fingerprint density at radius 3 is 3.10 bits per heavy atom. The van der Waals surface area contributed by atoms with Gasteiger partial charge in [-0.1, -0.05) is 18.2 Å². The van der Waals surface area contributed by atoms with E-state index < -0.39 is 0 Å². The van der Waals surface area contributed by atoms with Gasteiger partial charge in [-0.15, -0.1) is 0 Å². The molecular weight excluding hydrogens is 268 g/mol. The fraction of sp³-hybridized carbons (Fsp3) is 0.533. The van der Waals surface area contributed by atoms with E-state index in [1.54, 1.807) is 0 Å². The maximum atomic E-state index is 5.84. The van der Waals surface area contributed by atoms with Crippen LogP contribution in [-0.2, 0) is 11.2 Å². The van der Waals surface area contributed by atoms with Crippen LogP contribution in [0.5, 0.6) is 5.75 Å². The summed E-state index contributed by atoms with van der Waals surface area (Å²) >= 11 is 0. The molecule has 116 valence electrons. The molecule has 0 fully saturated rings. The number of hydrazine groups is 1. The second-order valence-corrected chi connectivity index (χ2v) is 4.86. The lowest BCUT2D eigenvalue weighted by Crippen LogP contribution is -2.42. The van der Waals surface area contributed by atoms with Crippen LogP contribution in [0, 0.1) is 0 Å². The van der Waals surface area contributed by atoms with Crippen molar-refractivity contribution in [3.8, 4) is 5.75 Å². The summed E-state index contributed by atoms with van der Waals surface area (Å²) < 4.78 is 11.1. The summed E-state index contributed by atoms with van der Waals surface area (Å²) in [5, 5.41) is 3.15. The van der Waals surface area contributed by atoms with Crippen molar-refractivity contribution in [1.29, 1.82) is 0 Å². The number of hydrogen-bond donors (Lipinski definition) is 3. The van der Waals surface area contributed by atoms with E-state index in [0.717, 1.165) is 38.3 Å². The third-order valence-corrected chi connectivity index (χ3v) is 3.27. The minimum Gasteiger partial charge on any atom is -0.488 e. The molecule has 1 aromatic carbocycles. The fourth-order valence-electron chi connectivity index (χ4n) is 2.23. The molecule has 0 amide bonds. The lowest BCUT2D eigenvalue weighted by molar-refractivity contribution is 0.145. The highest BCUT2D eigenvalue weighted by Gasteiger charge is 2.21. The molecule has 21 heavy (non-hydrogen) atoms. The Labute approximate surface area is 125 Å². The Hall–Kier alpha value is -1.79. The van der Waals surface area contributed by atoms with E-state index in [2.05, 4.69) is 21.8 Å². The van der Waals surface area contributed by atoms with Gasteiger partial charge in [0.25, 0.3) is 0 Å². The lowest BCUT2D eigenvalue weighted by Gasteiger charge is -2.11. The number of hydrogen-bond acceptors (Lipinski definition) is 4. The summed E-state index contributed by atoms with van der Waals surface area (Å²) in [6, 6.07) is 8.10. The lowest BCUT2D eigenvalue weighted by atomic mass is 10.1. The summed E-state index contributed by atoms with van der Waals surface area (Å²) in [5.74, 6) is 7.02. The molecule has 1 aromatic rings. The Morgan fingerprint density at radius 2 is 2.33 bits per heavy atom. The maximum Gasteiger partial charge on any atom is 0.205 e. The first kappa shape index (κ1) is 15.6. The molecule has 0 saturated heterocycles. The first-order valence-corrected chi connectivity index (χ1v) is 7.40. The number of fused-ring (bicyclic) bond motifs is 1. The third kappa shape index (κ3) is 4.91. The topological polar surface area (TPSA) is 80.9 Å². The second kappa shape index (κ2) is 8.49. The van der Waals surface area contributed by atoms with Crippen LogP contribution in [0.25, 0.3) is 0 Å². The average molecular weight is 292 g/mol. The summed E-state index contributed by atoms with van der Waals surface area (Å²) in [5.41, 5.74) is 3.82. The molecule has 0 saturated carbocycles. The highest BCUT2D eigenvalue weighted by Crippen LogP contribution is 2.27. The molecule has 0 spiro atoms. The van der Waals surface area contributed by atoms with Gasteiger partial charge in [0.15, 0.2) is 0 Å². The van der Waals surface area contributed by atoms with Gasteiger partial charge in [0.05, 0.1) is 6.54 Å². The van der Waals surface area contributed by atoms with E-state index in [0.29, 0.717) is 12.5 Å². The summed E-state index contributed by atoms with van der Waals surface area (Å²) in [7, 11) is 0. The van der Waals surface area contributed by atoms with Crippen molar-refractivity contribution in [3.63, 3.8) is 0 Å². The van der Waals surface area contributed by atoms with Crippen LogP contribution in [0.2, 0.25) is 0 Å². The van der Waals surface area contributed by atoms with Crippen LogP contribution >= 0.6 is 0 Å². The van der Waals surface area contributed by atoms with Gasteiger partial charge >= 0.3 is 0 Å². The van der Waals surface area contributed by atoms with E-state index in [4.69, 9.17) is 15.3 Å². The summed E-state index contributed by atoms with van der Waals surface area (Å²) in [6.07, 6.45) is 1.89. The minimum atomic E-state index is 0.0796. The van der Waals surface area contributed by atoms with Crippen LogP contribution in [-0.4, -0.2) is 38.4 Å². The quantitative estimate of drug-likeness (QED) is 0.228. The number of ether oxygens (including phenoxy) is 2. The normalized spacial score (nSPS) is 17.2. The number of rotatable bonds is 7. The molecule has 0 bridgehead atoms. The molecule has 0 aromatic heterocycles. The molecule has 0 aliphatic carbocycles. The third-order valence-electron chi connectivity index (χ3n) is 3.27. The number of guanidine groups is 1. The van der Waals surface area contributed by atoms with Gasteiger partial charge < -0.3 is 14.8 Å². The molecule has 4 N–H and O–H groups in total. The monoisotopic (exact) mass is 292 g/mol. The van der Waals surface area contributed by atoms with E-state index in [-0.39, 0.29) is 6.10 Å². The van der Waals surface area contributed by atoms with E-state index in [1.165, 1.54) is 5.56 Å². The van der Waals surface area contributed by atoms with Crippen molar-refractivity contribution in [2.75, 3.05) is 26.3 Å². The first-order valence-electron chi connectivity index (χ1n) is 7.40. The number of nitrogens with two attached hydrogens (primary N) is 1. The van der Waals surface area contributed by atoms with Crippen LogP contribution < -0.4 is 21.3 Å². The van der Waals surface area contributed by atoms with Crippen molar-refractivity contribution >= 4 is 5.96 Å². The minimum absolute atomic E-state index is 0.0796. The molecule has 2 rings (SSSR count). The van der Waals surface area contributed by atoms with Crippen molar-refractivity contribution in [2.24, 2.45) is 10.8 Å². The van der Waals surface area contributed by atoms with E-state index >= 15 is 0 Å². The van der Waals surface area contributed by atoms with Crippen LogP contribution in [0.3, 0.4) is 0 Å². The van der Waals surface area contributed by atoms with Gasteiger partial charge in [-0.25, -0.2) is 10.8 Å². The molecule has 0 radical (unpaired) electrons. The molecule has 1 heterocycles. The van der Waals surface area contributed by atoms with Crippen LogP contribution in [0.15, 0.2) is 29.3 Å². The fourth-order valence-corrected chi connectivity index (χ4v) is 2.23. The zero-order valence-electron chi connectivity index (χ0n) is 12.5. The standard InChI is InChI=1S/C15H24N4O2/c1-2-20-9-5-8-17-15(19-16)18-11-13-10-12-6-3-4-7-14(12)21-13/h3-4,6-7,13H,2,5,8-11,16H2,1H3,(H2,17,18,19). The Balaban J connectivity index is 1.72. The molecule has 1 aliphatic rings. The smallest absolute Gasteiger partial charge is 0.205 e. The number of benzene rings is 1. The van der Waals surface area contributed by atoms with Crippen LogP contribution in [0.4, 0.5) is 0 Å². The predicted octanol–water partition coefficient (Wildman–Crippen LogP) is 0.826. The van der Waals surface area contributed by atoms with Gasteiger partial charge in [-0.3, -0.25) is 5.43 Å². The second-order valence-electron chi connectivity index (χ2n) is 4.86. The Bertz CT molecular complexity index is 440. The molecular formula is C15H24N4O2. The molecule has 6 nitrogen and oxygen atoms in total. The van der Waals surface area contributed by atoms with Crippen molar-refractivity contribution in [2.45, 2.75) is 25.9 Å². The number of aliphatic imine (C=N–C) groups is 1. The molecule has 1 unspecified atom stereocenters. The number of nitrogens with zero attached hydrogens (tertiary/aromatic N) is 1. The molecule has 6 heteroatoms. The predicted molar refractivity (Wildman–Crippen MR) is 83.3 cm³/mol.